The zero-order valence-electron chi connectivity index (χ0n) is 27.1. The minimum Gasteiger partial charge on any atom is -0.478 e. The van der Waals surface area contributed by atoms with Crippen molar-refractivity contribution in [3.05, 3.63) is 160 Å². The fraction of sp³-hybridized carbons (Fsp3) is 0.179. The van der Waals surface area contributed by atoms with Gasteiger partial charge in [0.25, 0.3) is 5.91 Å². The monoisotopic (exact) mass is 735 g/mol. The minimum absolute atomic E-state index is 0.104. The SMILES string of the molecule is O=C(O)c1ccccc1SCC1CC(c2ccc(CO)cc2)OC(c2ccc(-c3ccccc3CNC(=O)c3c(F)c(F)c(F)c(F)c3F)cc2)O1. The number of amides is 1. The zero-order chi connectivity index (χ0) is 36.9. The van der Waals surface area contributed by atoms with E-state index in [1.807, 2.05) is 24.3 Å². The molecule has 0 aromatic heterocycles. The molecule has 1 aliphatic rings. The standard InChI is InChI=1S/C39H30F5NO6S/c40-32-31(33(41)35(43)36(44)34(32)42)37(47)45-18-25-5-1-2-6-27(25)22-13-15-24(16-14-22)39-50-26(20-52-30-8-4-3-7-28(30)38(48)49)17-29(51-39)23-11-9-21(19-46)10-12-23/h1-16,26,29,39,46H,17-20H2,(H,45,47)(H,48,49). The van der Waals surface area contributed by atoms with Gasteiger partial charge in [0.1, 0.15) is 5.56 Å². The summed E-state index contributed by atoms with van der Waals surface area (Å²) in [5, 5.41) is 21.4. The topological polar surface area (TPSA) is 105 Å². The van der Waals surface area contributed by atoms with Gasteiger partial charge in [0.2, 0.25) is 5.82 Å². The molecule has 1 heterocycles. The van der Waals surface area contributed by atoms with Crippen LogP contribution in [0.25, 0.3) is 11.1 Å². The van der Waals surface area contributed by atoms with Crippen LogP contribution in [0.3, 0.4) is 0 Å². The third-order valence-electron chi connectivity index (χ3n) is 8.54. The molecular formula is C39H30F5NO6S. The second-order valence-corrected chi connectivity index (χ2v) is 12.9. The van der Waals surface area contributed by atoms with Crippen LogP contribution in [0.1, 0.15) is 61.8 Å². The lowest BCUT2D eigenvalue weighted by molar-refractivity contribution is -0.245. The fourth-order valence-electron chi connectivity index (χ4n) is 5.82. The average Bonchev–Trinajstić information content (AvgIpc) is 3.18. The number of aliphatic hydroxyl groups excluding tert-OH is 1. The van der Waals surface area contributed by atoms with Crippen molar-refractivity contribution in [1.82, 2.24) is 5.32 Å². The minimum atomic E-state index is -2.35. The Morgan fingerprint density at radius 1 is 0.750 bits per heavy atom. The Morgan fingerprint density at radius 3 is 2.04 bits per heavy atom. The summed E-state index contributed by atoms with van der Waals surface area (Å²) in [6.45, 7) is -0.390. The van der Waals surface area contributed by atoms with Crippen LogP contribution in [-0.4, -0.2) is 33.9 Å². The highest BCUT2D eigenvalue weighted by Crippen LogP contribution is 2.40. The molecule has 6 rings (SSSR count). The number of rotatable bonds is 11. The van der Waals surface area contributed by atoms with Crippen molar-refractivity contribution < 1.29 is 51.2 Å². The average molecular weight is 736 g/mol. The van der Waals surface area contributed by atoms with Crippen LogP contribution >= 0.6 is 11.8 Å². The molecule has 268 valence electrons. The molecule has 0 bridgehead atoms. The van der Waals surface area contributed by atoms with E-state index >= 15 is 0 Å². The summed E-state index contributed by atoms with van der Waals surface area (Å²) in [7, 11) is 0. The number of benzene rings is 5. The van der Waals surface area contributed by atoms with Gasteiger partial charge in [0.05, 0.1) is 24.4 Å². The number of hydrogen-bond donors (Lipinski definition) is 3. The predicted octanol–water partition coefficient (Wildman–Crippen LogP) is 8.51. The molecular weight excluding hydrogens is 705 g/mol. The first-order valence-corrected chi connectivity index (χ1v) is 17.0. The molecule has 7 nitrogen and oxygen atoms in total. The van der Waals surface area contributed by atoms with E-state index in [4.69, 9.17) is 9.47 Å². The van der Waals surface area contributed by atoms with E-state index in [1.54, 1.807) is 72.8 Å². The van der Waals surface area contributed by atoms with Crippen molar-refractivity contribution in [3.63, 3.8) is 0 Å². The molecule has 52 heavy (non-hydrogen) atoms. The Hall–Kier alpha value is -5.08. The number of thioether (sulfide) groups is 1. The molecule has 1 saturated heterocycles. The largest absolute Gasteiger partial charge is 0.478 e. The summed E-state index contributed by atoms with van der Waals surface area (Å²) in [4.78, 5) is 25.0. The zero-order valence-corrected chi connectivity index (χ0v) is 27.9. The van der Waals surface area contributed by atoms with Crippen LogP contribution in [0, 0.1) is 29.1 Å². The van der Waals surface area contributed by atoms with Crippen LogP contribution < -0.4 is 5.32 Å². The number of carbonyl (C=O) groups excluding carboxylic acids is 1. The Balaban J connectivity index is 1.21. The number of hydrogen-bond acceptors (Lipinski definition) is 6. The van der Waals surface area contributed by atoms with Gasteiger partial charge in [0.15, 0.2) is 29.6 Å². The molecule has 13 heteroatoms. The van der Waals surface area contributed by atoms with Crippen molar-refractivity contribution in [2.45, 2.75) is 43.0 Å². The van der Waals surface area contributed by atoms with Crippen LogP contribution in [-0.2, 0) is 22.6 Å². The van der Waals surface area contributed by atoms with Crippen LogP contribution in [0.15, 0.2) is 102 Å². The third-order valence-corrected chi connectivity index (χ3v) is 9.75. The molecule has 3 atom stereocenters. The molecule has 1 amide bonds. The van der Waals surface area contributed by atoms with Gasteiger partial charge in [-0.05, 0) is 39.9 Å². The van der Waals surface area contributed by atoms with Crippen LogP contribution in [0.2, 0.25) is 0 Å². The number of aliphatic hydroxyl groups is 1. The van der Waals surface area contributed by atoms with E-state index in [9.17, 15) is 41.8 Å². The van der Waals surface area contributed by atoms with Crippen molar-refractivity contribution in [2.24, 2.45) is 0 Å². The molecule has 5 aromatic rings. The second-order valence-electron chi connectivity index (χ2n) is 11.9. The Kier molecular flexibility index (Phi) is 11.3. The summed E-state index contributed by atoms with van der Waals surface area (Å²) >= 11 is 1.37. The van der Waals surface area contributed by atoms with Crippen molar-refractivity contribution in [1.29, 1.82) is 0 Å². The van der Waals surface area contributed by atoms with Gasteiger partial charge in [-0.3, -0.25) is 4.79 Å². The number of carboxylic acids is 1. The number of aromatic carboxylic acids is 1. The highest BCUT2D eigenvalue weighted by Gasteiger charge is 2.33. The lowest BCUT2D eigenvalue weighted by atomic mass is 9.97. The van der Waals surface area contributed by atoms with Crippen LogP contribution in [0.4, 0.5) is 22.0 Å². The lowest BCUT2D eigenvalue weighted by Gasteiger charge is -2.36. The smallest absolute Gasteiger partial charge is 0.336 e. The molecule has 3 N–H and O–H groups in total. The van der Waals surface area contributed by atoms with Crippen molar-refractivity contribution in [3.8, 4) is 11.1 Å². The van der Waals surface area contributed by atoms with Gasteiger partial charge in [-0.2, -0.15) is 0 Å². The third kappa shape index (κ3) is 7.87. The quantitative estimate of drug-likeness (QED) is 0.0541. The maximum absolute atomic E-state index is 14.2. The summed E-state index contributed by atoms with van der Waals surface area (Å²) in [6, 6.07) is 28.1. The van der Waals surface area contributed by atoms with Gasteiger partial charge in [0, 0.05) is 29.2 Å². The fourth-order valence-corrected chi connectivity index (χ4v) is 6.88. The highest BCUT2D eigenvalue weighted by atomic mass is 32.2. The number of nitrogens with one attached hydrogen (secondary N) is 1. The summed E-state index contributed by atoms with van der Waals surface area (Å²) in [6.07, 6.45) is -1.04. The second kappa shape index (κ2) is 16.1. The highest BCUT2D eigenvalue weighted by molar-refractivity contribution is 7.99. The first-order valence-electron chi connectivity index (χ1n) is 16.0. The Labute approximate surface area is 299 Å². The maximum atomic E-state index is 14.2. The van der Waals surface area contributed by atoms with Gasteiger partial charge in [-0.25, -0.2) is 26.7 Å². The number of ether oxygens (including phenoxy) is 2. The molecule has 0 saturated carbocycles. The lowest BCUT2D eigenvalue weighted by Crippen LogP contribution is -2.31. The summed E-state index contributed by atoms with van der Waals surface area (Å²) in [5.41, 5.74) is 2.75. The van der Waals surface area contributed by atoms with E-state index in [0.717, 1.165) is 11.1 Å². The number of carboxylic acid groups (broad SMARTS) is 1. The Morgan fingerprint density at radius 2 is 1.37 bits per heavy atom. The van der Waals surface area contributed by atoms with E-state index in [-0.39, 0.29) is 30.9 Å². The van der Waals surface area contributed by atoms with Gasteiger partial charge in [-0.1, -0.05) is 84.9 Å². The Bertz CT molecular complexity index is 2070. The predicted molar refractivity (Wildman–Crippen MR) is 182 cm³/mol. The van der Waals surface area contributed by atoms with E-state index in [1.165, 1.54) is 11.8 Å². The molecule has 1 aliphatic heterocycles. The van der Waals surface area contributed by atoms with Gasteiger partial charge in [-0.15, -0.1) is 11.8 Å². The molecule has 0 radical (unpaired) electrons. The first kappa shape index (κ1) is 36.7. The van der Waals surface area contributed by atoms with Gasteiger partial charge >= 0.3 is 5.97 Å². The van der Waals surface area contributed by atoms with Crippen molar-refractivity contribution in [2.75, 3.05) is 5.75 Å². The molecule has 0 aliphatic carbocycles. The van der Waals surface area contributed by atoms with E-state index in [0.29, 0.717) is 39.3 Å². The molecule has 3 unspecified atom stereocenters. The van der Waals surface area contributed by atoms with E-state index in [2.05, 4.69) is 5.32 Å². The number of carbonyl (C=O) groups is 2. The summed E-state index contributed by atoms with van der Waals surface area (Å²) in [5.74, 6) is -13.3. The van der Waals surface area contributed by atoms with Crippen molar-refractivity contribution >= 4 is 23.6 Å². The molecule has 1 fully saturated rings. The molecule has 0 spiro atoms. The summed E-state index contributed by atoms with van der Waals surface area (Å²) < 4.78 is 82.1. The normalized spacial score (nSPS) is 17.2. The van der Waals surface area contributed by atoms with Crippen LogP contribution in [0.5, 0.6) is 0 Å². The first-order chi connectivity index (χ1) is 25.0. The maximum Gasteiger partial charge on any atom is 0.336 e. The van der Waals surface area contributed by atoms with E-state index < -0.39 is 52.8 Å². The van der Waals surface area contributed by atoms with Gasteiger partial charge < -0.3 is 25.0 Å². The molecule has 5 aromatic carbocycles. The number of halogens is 5.